The molecule has 0 spiro atoms. The molecule has 118 valence electrons. The Morgan fingerprint density at radius 2 is 1.40 bits per heavy atom. The van der Waals surface area contributed by atoms with E-state index in [0.717, 1.165) is 5.56 Å². The van der Waals surface area contributed by atoms with Gasteiger partial charge < -0.3 is 4.74 Å². The van der Waals surface area contributed by atoms with E-state index >= 15 is 0 Å². The van der Waals surface area contributed by atoms with Gasteiger partial charge in [-0.1, -0.05) is 42.5 Å². The van der Waals surface area contributed by atoms with Crippen molar-refractivity contribution in [2.75, 3.05) is 0 Å². The van der Waals surface area contributed by atoms with E-state index in [9.17, 15) is 21.0 Å². The molecule has 1 aliphatic carbocycles. The minimum absolute atomic E-state index is 0.373. The molecule has 1 saturated carbocycles. The Bertz CT molecular complexity index is 904. The fourth-order valence-electron chi connectivity index (χ4n) is 3.16. The topological polar surface area (TPSA) is 104 Å². The summed E-state index contributed by atoms with van der Waals surface area (Å²) in [6.07, 6.45) is 0. The predicted octanol–water partition coefficient (Wildman–Crippen LogP) is 3.43. The average Bonchev–Trinajstić information content (AvgIpc) is 3.30. The molecule has 3 rings (SSSR count). The van der Waals surface area contributed by atoms with Crippen LogP contribution in [0.1, 0.15) is 17.0 Å². The molecule has 0 radical (unpaired) electrons. The summed E-state index contributed by atoms with van der Waals surface area (Å²) in [5.74, 6) is -0.215. The van der Waals surface area contributed by atoms with Gasteiger partial charge in [0.15, 0.2) is 10.8 Å². The molecule has 0 aromatic heterocycles. The molecule has 0 unspecified atom stereocenters. The summed E-state index contributed by atoms with van der Waals surface area (Å²) in [4.78, 5) is 0. The van der Waals surface area contributed by atoms with Crippen LogP contribution in [-0.4, -0.2) is 0 Å². The highest BCUT2D eigenvalue weighted by atomic mass is 16.5. The van der Waals surface area contributed by atoms with Gasteiger partial charge in [-0.15, -0.1) is 0 Å². The van der Waals surface area contributed by atoms with Crippen molar-refractivity contribution in [3.63, 3.8) is 0 Å². The van der Waals surface area contributed by atoms with Crippen LogP contribution in [0.15, 0.2) is 54.6 Å². The first-order valence-electron chi connectivity index (χ1n) is 7.59. The van der Waals surface area contributed by atoms with Crippen molar-refractivity contribution in [2.45, 2.75) is 12.5 Å². The van der Waals surface area contributed by atoms with Crippen molar-refractivity contribution < 1.29 is 4.74 Å². The molecule has 1 fully saturated rings. The van der Waals surface area contributed by atoms with Gasteiger partial charge in [0.1, 0.15) is 12.4 Å². The van der Waals surface area contributed by atoms with E-state index in [2.05, 4.69) is 0 Å². The van der Waals surface area contributed by atoms with E-state index in [0.29, 0.717) is 17.9 Å². The Labute approximate surface area is 145 Å². The number of hydrogen-bond donors (Lipinski definition) is 0. The predicted molar refractivity (Wildman–Crippen MR) is 87.3 cm³/mol. The Balaban J connectivity index is 1.88. The van der Waals surface area contributed by atoms with Crippen molar-refractivity contribution in [3.05, 3.63) is 65.7 Å². The monoisotopic (exact) mass is 324 g/mol. The van der Waals surface area contributed by atoms with Crippen LogP contribution in [0.4, 0.5) is 0 Å². The molecule has 5 nitrogen and oxygen atoms in total. The molecule has 2 aromatic rings. The molecule has 1 aliphatic rings. The molecular formula is C20H12N4O. The summed E-state index contributed by atoms with van der Waals surface area (Å²) in [6, 6.07) is 24.0. The summed E-state index contributed by atoms with van der Waals surface area (Å²) in [7, 11) is 0. The summed E-state index contributed by atoms with van der Waals surface area (Å²) < 4.78 is 5.75. The largest absolute Gasteiger partial charge is 0.489 e. The number of benzene rings is 2. The Morgan fingerprint density at radius 3 is 1.96 bits per heavy atom. The lowest BCUT2D eigenvalue weighted by atomic mass is 9.98. The van der Waals surface area contributed by atoms with Crippen LogP contribution in [0.5, 0.6) is 5.75 Å². The third kappa shape index (κ3) is 2.28. The van der Waals surface area contributed by atoms with Crippen molar-refractivity contribution >= 4 is 0 Å². The van der Waals surface area contributed by atoms with E-state index in [1.807, 2.05) is 54.6 Å². The van der Waals surface area contributed by atoms with Crippen LogP contribution in [-0.2, 0) is 6.61 Å². The zero-order valence-electron chi connectivity index (χ0n) is 13.2. The van der Waals surface area contributed by atoms with Gasteiger partial charge in [0.2, 0.25) is 0 Å². The number of nitrogens with zero attached hydrogens (tertiary/aromatic N) is 4. The average molecular weight is 324 g/mol. The third-order valence-corrected chi connectivity index (χ3v) is 4.55. The lowest BCUT2D eigenvalue weighted by Gasteiger charge is -2.08. The maximum absolute atomic E-state index is 9.40. The first-order valence-corrected chi connectivity index (χ1v) is 7.59. The first kappa shape index (κ1) is 16.1. The van der Waals surface area contributed by atoms with Gasteiger partial charge in [0.25, 0.3) is 0 Å². The maximum atomic E-state index is 9.40. The lowest BCUT2D eigenvalue weighted by molar-refractivity contribution is 0.306. The molecule has 25 heavy (non-hydrogen) atoms. The van der Waals surface area contributed by atoms with Gasteiger partial charge in [-0.05, 0) is 23.3 Å². The molecule has 5 heteroatoms. The Kier molecular flexibility index (Phi) is 3.86. The van der Waals surface area contributed by atoms with Gasteiger partial charge >= 0.3 is 0 Å². The van der Waals surface area contributed by atoms with Crippen LogP contribution < -0.4 is 4.74 Å². The number of rotatable bonds is 4. The fraction of sp³-hybridized carbons (Fsp3) is 0.200. The summed E-state index contributed by atoms with van der Waals surface area (Å²) in [6.45, 7) is 0.373. The summed E-state index contributed by atoms with van der Waals surface area (Å²) in [5.41, 5.74) is -1.70. The molecule has 0 heterocycles. The van der Waals surface area contributed by atoms with Gasteiger partial charge in [0.05, 0.1) is 30.2 Å². The van der Waals surface area contributed by atoms with Crippen LogP contribution >= 0.6 is 0 Å². The SMILES string of the molecule is N#CC1(C#N)C(c2cccc(OCc3ccccc3)c2)C1(C#N)C#N. The molecule has 0 atom stereocenters. The molecular weight excluding hydrogens is 312 g/mol. The molecule has 0 aliphatic heterocycles. The second-order valence-electron chi connectivity index (χ2n) is 5.84. The summed E-state index contributed by atoms with van der Waals surface area (Å²) >= 11 is 0. The normalized spacial score (nSPS) is 16.5. The van der Waals surface area contributed by atoms with E-state index in [-0.39, 0.29) is 0 Å². The highest BCUT2D eigenvalue weighted by Gasteiger charge is 2.82. The van der Waals surface area contributed by atoms with Crippen LogP contribution in [0.25, 0.3) is 0 Å². The molecule has 0 bridgehead atoms. The minimum Gasteiger partial charge on any atom is -0.489 e. The molecule has 0 N–H and O–H groups in total. The zero-order chi connectivity index (χ0) is 17.9. The Hall–Kier alpha value is -3.80. The van der Waals surface area contributed by atoms with Crippen LogP contribution in [0.3, 0.4) is 0 Å². The Morgan fingerprint density at radius 1 is 0.800 bits per heavy atom. The van der Waals surface area contributed by atoms with Crippen molar-refractivity contribution in [1.82, 2.24) is 0 Å². The molecule has 0 saturated heterocycles. The second-order valence-corrected chi connectivity index (χ2v) is 5.84. The van der Waals surface area contributed by atoms with E-state index in [1.165, 1.54) is 0 Å². The van der Waals surface area contributed by atoms with Crippen molar-refractivity contribution in [1.29, 1.82) is 21.0 Å². The lowest BCUT2D eigenvalue weighted by Crippen LogP contribution is -2.05. The van der Waals surface area contributed by atoms with E-state index in [4.69, 9.17) is 4.74 Å². The third-order valence-electron chi connectivity index (χ3n) is 4.55. The molecule has 2 aromatic carbocycles. The van der Waals surface area contributed by atoms with E-state index in [1.54, 1.807) is 24.3 Å². The second kappa shape index (κ2) is 6.01. The van der Waals surface area contributed by atoms with E-state index < -0.39 is 16.7 Å². The molecule has 0 amide bonds. The van der Waals surface area contributed by atoms with Gasteiger partial charge in [0, 0.05) is 0 Å². The van der Waals surface area contributed by atoms with Crippen molar-refractivity contribution in [3.8, 4) is 30.0 Å². The van der Waals surface area contributed by atoms with Crippen LogP contribution in [0, 0.1) is 56.2 Å². The quantitative estimate of drug-likeness (QED) is 0.856. The number of ether oxygens (including phenoxy) is 1. The maximum Gasteiger partial charge on any atom is 0.185 e. The number of hydrogen-bond acceptors (Lipinski definition) is 5. The zero-order valence-corrected chi connectivity index (χ0v) is 13.2. The van der Waals surface area contributed by atoms with Gasteiger partial charge in [-0.2, -0.15) is 21.0 Å². The number of nitriles is 4. The summed E-state index contributed by atoms with van der Waals surface area (Å²) in [5, 5.41) is 37.6. The minimum atomic E-state index is -1.64. The van der Waals surface area contributed by atoms with Crippen LogP contribution in [0.2, 0.25) is 0 Å². The fourth-order valence-corrected chi connectivity index (χ4v) is 3.16. The highest BCUT2D eigenvalue weighted by molar-refractivity contribution is 5.59. The first-order chi connectivity index (χ1) is 12.2. The van der Waals surface area contributed by atoms with Gasteiger partial charge in [-0.3, -0.25) is 0 Å². The highest BCUT2D eigenvalue weighted by Crippen LogP contribution is 2.73. The smallest absolute Gasteiger partial charge is 0.185 e. The standard InChI is InChI=1S/C20H12N4O/c21-11-19(12-22)18(20(19,13-23)14-24)16-7-4-8-17(9-16)25-10-15-5-2-1-3-6-15/h1-9,18H,10H2. The van der Waals surface area contributed by atoms with Crippen molar-refractivity contribution in [2.24, 2.45) is 10.8 Å². The van der Waals surface area contributed by atoms with Gasteiger partial charge in [-0.25, -0.2) is 0 Å².